The fourth-order valence-corrected chi connectivity index (χ4v) is 1.17. The molecule has 0 radical (unpaired) electrons. The molecule has 78 valence electrons. The Morgan fingerprint density at radius 2 is 1.93 bits per heavy atom. The van der Waals surface area contributed by atoms with Crippen LogP contribution in [0.2, 0.25) is 0 Å². The smallest absolute Gasteiger partial charge is 0.176 e. The fourth-order valence-electron chi connectivity index (χ4n) is 1.17. The summed E-state index contributed by atoms with van der Waals surface area (Å²) in [5, 5.41) is 17.9. The Morgan fingerprint density at radius 1 is 1.36 bits per heavy atom. The summed E-state index contributed by atoms with van der Waals surface area (Å²) in [7, 11) is 3.95. The van der Waals surface area contributed by atoms with Gasteiger partial charge in [-0.05, 0) is 0 Å². The lowest BCUT2D eigenvalue weighted by Crippen LogP contribution is -2.40. The Hall–Kier alpha value is -1.13. The number of hydrogen-bond acceptors (Lipinski definition) is 3. The Bertz CT molecular complexity index is 272. The maximum absolute atomic E-state index is 9.21. The van der Waals surface area contributed by atoms with Crippen molar-refractivity contribution < 1.29 is 14.8 Å². The number of nitrogens with zero attached hydrogens (tertiary/aromatic N) is 2. The van der Waals surface area contributed by atoms with E-state index in [4.69, 9.17) is 5.11 Å². The number of aliphatic hydroxyl groups excluding tert-OH is 2. The van der Waals surface area contributed by atoms with Crippen LogP contribution in [0.3, 0.4) is 0 Å². The van der Waals surface area contributed by atoms with Gasteiger partial charge in [0.25, 0.3) is 0 Å². The molecule has 4 heteroatoms. The van der Waals surface area contributed by atoms with E-state index in [0.717, 1.165) is 5.69 Å². The molecule has 0 saturated carbocycles. The zero-order valence-corrected chi connectivity index (χ0v) is 8.59. The van der Waals surface area contributed by atoms with Gasteiger partial charge in [0, 0.05) is 31.9 Å². The molecule has 2 N–H and O–H groups in total. The molecule has 0 amide bonds. The van der Waals surface area contributed by atoms with Gasteiger partial charge in [0.2, 0.25) is 0 Å². The molecule has 0 aromatic carbocycles. The monoisotopic (exact) mass is 197 g/mol. The van der Waals surface area contributed by atoms with Crippen LogP contribution in [0.1, 0.15) is 0 Å². The molecule has 0 aliphatic carbocycles. The van der Waals surface area contributed by atoms with Crippen LogP contribution in [-0.2, 0) is 6.54 Å². The second-order valence-electron chi connectivity index (χ2n) is 3.48. The molecular formula is C10H17N2O2+. The second-order valence-corrected chi connectivity index (χ2v) is 3.48. The first kappa shape index (κ1) is 10.9. The predicted octanol–water partition coefficient (Wildman–Crippen LogP) is -0.607. The van der Waals surface area contributed by atoms with Crippen LogP contribution in [0.4, 0.5) is 5.69 Å². The van der Waals surface area contributed by atoms with Crippen molar-refractivity contribution in [3.05, 3.63) is 24.5 Å². The van der Waals surface area contributed by atoms with Gasteiger partial charge < -0.3 is 15.1 Å². The largest absolute Gasteiger partial charge is 0.393 e. The average molecular weight is 197 g/mol. The number of pyridine rings is 1. The molecular weight excluding hydrogens is 180 g/mol. The molecule has 1 unspecified atom stereocenters. The van der Waals surface area contributed by atoms with Gasteiger partial charge >= 0.3 is 0 Å². The van der Waals surface area contributed by atoms with Crippen LogP contribution < -0.4 is 9.47 Å². The Kier molecular flexibility index (Phi) is 3.85. The van der Waals surface area contributed by atoms with Crippen molar-refractivity contribution in [3.8, 4) is 0 Å². The Morgan fingerprint density at radius 3 is 2.36 bits per heavy atom. The van der Waals surface area contributed by atoms with Crippen LogP contribution in [-0.4, -0.2) is 37.0 Å². The maximum Gasteiger partial charge on any atom is 0.176 e. The summed E-state index contributed by atoms with van der Waals surface area (Å²) in [4.78, 5) is 2.01. The minimum atomic E-state index is -0.690. The molecule has 1 aromatic heterocycles. The Labute approximate surface area is 84.0 Å². The van der Waals surface area contributed by atoms with Crippen molar-refractivity contribution in [2.75, 3.05) is 25.6 Å². The summed E-state index contributed by atoms with van der Waals surface area (Å²) in [6.07, 6.45) is 3.08. The quantitative estimate of drug-likeness (QED) is 0.633. The normalized spacial score (nSPS) is 12.6. The molecule has 0 aliphatic heterocycles. The van der Waals surface area contributed by atoms with Crippen LogP contribution in [0.5, 0.6) is 0 Å². The molecule has 1 rings (SSSR count). The van der Waals surface area contributed by atoms with Gasteiger partial charge in [0.05, 0.1) is 6.61 Å². The van der Waals surface area contributed by atoms with Gasteiger partial charge in [0.1, 0.15) is 6.10 Å². The summed E-state index contributed by atoms with van der Waals surface area (Å²) < 4.78 is 1.84. The third kappa shape index (κ3) is 2.97. The minimum absolute atomic E-state index is 0.206. The molecule has 0 fully saturated rings. The average Bonchev–Trinajstić information content (AvgIpc) is 2.18. The summed E-state index contributed by atoms with van der Waals surface area (Å²) >= 11 is 0. The van der Waals surface area contributed by atoms with E-state index in [-0.39, 0.29) is 6.61 Å². The van der Waals surface area contributed by atoms with Gasteiger partial charge in [-0.1, -0.05) is 0 Å². The first-order chi connectivity index (χ1) is 6.63. The highest BCUT2D eigenvalue weighted by Crippen LogP contribution is 2.05. The molecule has 4 nitrogen and oxygen atoms in total. The number of aliphatic hydroxyl groups is 2. The highest BCUT2D eigenvalue weighted by molar-refractivity contribution is 5.41. The standard InChI is InChI=1S/C10H17N2O2/c1-11(2)9-3-5-12(6-4-9)7-10(14)8-13/h3-6,10,13-14H,7-8H2,1-2H3/q+1. The number of anilines is 1. The minimum Gasteiger partial charge on any atom is -0.393 e. The van der Waals surface area contributed by atoms with Gasteiger partial charge in [-0.15, -0.1) is 0 Å². The highest BCUT2D eigenvalue weighted by Gasteiger charge is 2.09. The first-order valence-electron chi connectivity index (χ1n) is 4.59. The van der Waals surface area contributed by atoms with Gasteiger partial charge in [-0.3, -0.25) is 0 Å². The van der Waals surface area contributed by atoms with E-state index in [0.29, 0.717) is 6.54 Å². The molecule has 0 aliphatic rings. The molecule has 1 atom stereocenters. The Balaban J connectivity index is 2.64. The zero-order chi connectivity index (χ0) is 10.6. The molecule has 0 spiro atoms. The van der Waals surface area contributed by atoms with Crippen molar-refractivity contribution in [1.82, 2.24) is 0 Å². The maximum atomic E-state index is 9.21. The number of rotatable bonds is 4. The van der Waals surface area contributed by atoms with Crippen molar-refractivity contribution in [2.45, 2.75) is 12.6 Å². The fraction of sp³-hybridized carbons (Fsp3) is 0.500. The summed E-state index contributed by atoms with van der Waals surface area (Å²) in [5.41, 5.74) is 1.11. The van der Waals surface area contributed by atoms with Crippen LogP contribution in [0, 0.1) is 0 Å². The van der Waals surface area contributed by atoms with Crippen molar-refractivity contribution in [2.24, 2.45) is 0 Å². The van der Waals surface area contributed by atoms with Crippen LogP contribution in [0.25, 0.3) is 0 Å². The lowest BCUT2D eigenvalue weighted by molar-refractivity contribution is -0.703. The summed E-state index contributed by atoms with van der Waals surface area (Å²) in [6.45, 7) is 0.215. The highest BCUT2D eigenvalue weighted by atomic mass is 16.3. The van der Waals surface area contributed by atoms with Crippen LogP contribution in [0.15, 0.2) is 24.5 Å². The molecule has 1 aromatic rings. The predicted molar refractivity (Wildman–Crippen MR) is 54.1 cm³/mol. The van der Waals surface area contributed by atoms with Gasteiger partial charge in [-0.25, -0.2) is 4.57 Å². The first-order valence-corrected chi connectivity index (χ1v) is 4.59. The number of hydrogen-bond donors (Lipinski definition) is 2. The van der Waals surface area contributed by atoms with Crippen molar-refractivity contribution >= 4 is 5.69 Å². The number of aromatic nitrogens is 1. The lowest BCUT2D eigenvalue weighted by Gasteiger charge is -2.10. The van der Waals surface area contributed by atoms with E-state index < -0.39 is 6.10 Å². The zero-order valence-electron chi connectivity index (χ0n) is 8.59. The van der Waals surface area contributed by atoms with E-state index in [1.165, 1.54) is 0 Å². The van der Waals surface area contributed by atoms with Gasteiger partial charge in [0.15, 0.2) is 18.9 Å². The van der Waals surface area contributed by atoms with Crippen LogP contribution >= 0.6 is 0 Å². The molecule has 1 heterocycles. The summed E-state index contributed by atoms with van der Waals surface area (Å²) in [5.74, 6) is 0. The van der Waals surface area contributed by atoms with Crippen molar-refractivity contribution in [3.63, 3.8) is 0 Å². The topological polar surface area (TPSA) is 47.6 Å². The van der Waals surface area contributed by atoms with E-state index in [1.807, 2.05) is 48.1 Å². The third-order valence-electron chi connectivity index (χ3n) is 2.02. The van der Waals surface area contributed by atoms with Gasteiger partial charge in [-0.2, -0.15) is 0 Å². The molecule has 14 heavy (non-hydrogen) atoms. The van der Waals surface area contributed by atoms with Crippen molar-refractivity contribution in [1.29, 1.82) is 0 Å². The third-order valence-corrected chi connectivity index (χ3v) is 2.02. The lowest BCUT2D eigenvalue weighted by atomic mass is 10.3. The molecule has 0 saturated heterocycles. The summed E-state index contributed by atoms with van der Waals surface area (Å²) in [6, 6.07) is 3.92. The van der Waals surface area contributed by atoms with E-state index in [1.54, 1.807) is 0 Å². The second kappa shape index (κ2) is 4.93. The van der Waals surface area contributed by atoms with E-state index >= 15 is 0 Å². The SMILES string of the molecule is CN(C)c1cc[n+](CC(O)CO)cc1. The van der Waals surface area contributed by atoms with E-state index in [9.17, 15) is 5.11 Å². The van der Waals surface area contributed by atoms with E-state index in [2.05, 4.69) is 0 Å². The molecule has 0 bridgehead atoms.